The van der Waals surface area contributed by atoms with E-state index in [2.05, 4.69) is 0 Å². The Morgan fingerprint density at radius 3 is 2.76 bits per heavy atom. The number of fused-ring (bicyclic) bond motifs is 1. The minimum Gasteiger partial charge on any atom is -0.454 e. The second-order valence-electron chi connectivity index (χ2n) is 4.43. The number of ether oxygens (including phenoxy) is 2. The molecule has 94 valence electrons. The lowest BCUT2D eigenvalue weighted by atomic mass is 9.98. The number of rotatable bonds is 3. The number of para-hydroxylation sites is 1. The summed E-state index contributed by atoms with van der Waals surface area (Å²) in [5.41, 5.74) is 6.91. The highest BCUT2D eigenvalue weighted by molar-refractivity contribution is 5.85. The van der Waals surface area contributed by atoms with Crippen LogP contribution < -0.4 is 15.2 Å². The highest BCUT2D eigenvalue weighted by Crippen LogP contribution is 2.42. The van der Waals surface area contributed by atoms with Crippen molar-refractivity contribution in [1.82, 2.24) is 0 Å². The molecule has 1 saturated carbocycles. The minimum atomic E-state index is -0.476. The average molecular weight is 258 g/mol. The SMILES string of the molecule is Cl.N[C@H](c1cccc2c1OCO2)[C@@H](O)C1CC1. The maximum Gasteiger partial charge on any atom is 0.231 e. The number of hydrogen-bond donors (Lipinski definition) is 2. The van der Waals surface area contributed by atoms with Crippen molar-refractivity contribution in [3.05, 3.63) is 23.8 Å². The van der Waals surface area contributed by atoms with Crippen molar-refractivity contribution in [3.63, 3.8) is 0 Å². The summed E-state index contributed by atoms with van der Waals surface area (Å²) >= 11 is 0. The van der Waals surface area contributed by atoms with Gasteiger partial charge < -0.3 is 20.3 Å². The van der Waals surface area contributed by atoms with Crippen molar-refractivity contribution < 1.29 is 14.6 Å². The number of halogens is 1. The minimum absolute atomic E-state index is 0. The van der Waals surface area contributed by atoms with E-state index in [9.17, 15) is 5.11 Å². The van der Waals surface area contributed by atoms with Crippen LogP contribution in [0.2, 0.25) is 0 Å². The lowest BCUT2D eigenvalue weighted by Gasteiger charge is -2.19. The van der Waals surface area contributed by atoms with E-state index in [0.717, 1.165) is 24.2 Å². The Kier molecular flexibility index (Phi) is 3.47. The van der Waals surface area contributed by atoms with Crippen LogP contribution in [0.5, 0.6) is 11.5 Å². The summed E-state index contributed by atoms with van der Waals surface area (Å²) in [6.45, 7) is 0.235. The monoisotopic (exact) mass is 257 g/mol. The Balaban J connectivity index is 0.00000108. The number of benzene rings is 1. The van der Waals surface area contributed by atoms with E-state index in [1.165, 1.54) is 0 Å². The van der Waals surface area contributed by atoms with Crippen molar-refractivity contribution in [1.29, 1.82) is 0 Å². The van der Waals surface area contributed by atoms with Crippen LogP contribution in [0, 0.1) is 5.92 Å². The molecule has 1 aliphatic carbocycles. The first-order valence-corrected chi connectivity index (χ1v) is 5.59. The first kappa shape index (κ1) is 12.5. The molecule has 3 rings (SSSR count). The van der Waals surface area contributed by atoms with Crippen molar-refractivity contribution in [3.8, 4) is 11.5 Å². The molecule has 2 aliphatic rings. The lowest BCUT2D eigenvalue weighted by molar-refractivity contribution is 0.120. The van der Waals surface area contributed by atoms with E-state index in [1.807, 2.05) is 18.2 Å². The van der Waals surface area contributed by atoms with E-state index in [1.54, 1.807) is 0 Å². The van der Waals surface area contributed by atoms with Crippen LogP contribution in [0.25, 0.3) is 0 Å². The van der Waals surface area contributed by atoms with Gasteiger partial charge in [-0.05, 0) is 24.8 Å². The maximum atomic E-state index is 10.0. The third-order valence-electron chi connectivity index (χ3n) is 3.26. The quantitative estimate of drug-likeness (QED) is 0.864. The third kappa shape index (κ3) is 2.20. The average Bonchev–Trinajstić information content (AvgIpc) is 3.04. The smallest absolute Gasteiger partial charge is 0.231 e. The zero-order chi connectivity index (χ0) is 11.1. The molecule has 1 aromatic rings. The lowest BCUT2D eigenvalue weighted by Crippen LogP contribution is -2.28. The summed E-state index contributed by atoms with van der Waals surface area (Å²) < 4.78 is 10.7. The van der Waals surface area contributed by atoms with Crippen LogP contribution in [-0.2, 0) is 0 Å². The van der Waals surface area contributed by atoms with Gasteiger partial charge >= 0.3 is 0 Å². The van der Waals surface area contributed by atoms with Gasteiger partial charge in [0.1, 0.15) is 0 Å². The molecule has 17 heavy (non-hydrogen) atoms. The summed E-state index contributed by atoms with van der Waals surface area (Å²) in [5.74, 6) is 1.76. The van der Waals surface area contributed by atoms with E-state index in [-0.39, 0.29) is 25.2 Å². The molecule has 2 atom stereocenters. The summed E-state index contributed by atoms with van der Waals surface area (Å²) in [6.07, 6.45) is 1.67. The molecule has 0 amide bonds. The Morgan fingerprint density at radius 1 is 1.29 bits per heavy atom. The van der Waals surface area contributed by atoms with Crippen LogP contribution in [-0.4, -0.2) is 18.0 Å². The van der Waals surface area contributed by atoms with Crippen molar-refractivity contribution >= 4 is 12.4 Å². The summed E-state index contributed by atoms with van der Waals surface area (Å²) in [4.78, 5) is 0. The van der Waals surface area contributed by atoms with Gasteiger partial charge in [0, 0.05) is 5.56 Å². The molecular formula is C12H16ClNO3. The number of aliphatic hydroxyl groups is 1. The Morgan fingerprint density at radius 2 is 2.06 bits per heavy atom. The van der Waals surface area contributed by atoms with Gasteiger partial charge in [0.05, 0.1) is 12.1 Å². The molecule has 4 nitrogen and oxygen atoms in total. The van der Waals surface area contributed by atoms with Gasteiger partial charge in [-0.3, -0.25) is 0 Å². The molecule has 1 fully saturated rings. The van der Waals surface area contributed by atoms with Crippen LogP contribution in [0.1, 0.15) is 24.4 Å². The van der Waals surface area contributed by atoms with Gasteiger partial charge in [0.2, 0.25) is 6.79 Å². The molecule has 1 aromatic carbocycles. The molecule has 0 aromatic heterocycles. The first-order valence-electron chi connectivity index (χ1n) is 5.59. The van der Waals surface area contributed by atoms with E-state index in [4.69, 9.17) is 15.2 Å². The fourth-order valence-corrected chi connectivity index (χ4v) is 2.13. The van der Waals surface area contributed by atoms with Crippen molar-refractivity contribution in [2.75, 3.05) is 6.79 Å². The number of hydrogen-bond acceptors (Lipinski definition) is 4. The molecule has 1 heterocycles. The van der Waals surface area contributed by atoms with E-state index < -0.39 is 6.10 Å². The Labute approximate surface area is 106 Å². The molecule has 0 radical (unpaired) electrons. The maximum absolute atomic E-state index is 10.0. The van der Waals surface area contributed by atoms with Gasteiger partial charge in [0.25, 0.3) is 0 Å². The van der Waals surface area contributed by atoms with E-state index in [0.29, 0.717) is 11.7 Å². The molecule has 0 spiro atoms. The van der Waals surface area contributed by atoms with Crippen LogP contribution >= 0.6 is 12.4 Å². The summed E-state index contributed by atoms with van der Waals surface area (Å²) in [7, 11) is 0. The first-order chi connectivity index (χ1) is 7.77. The summed E-state index contributed by atoms with van der Waals surface area (Å²) in [6, 6.07) is 5.23. The van der Waals surface area contributed by atoms with Crippen LogP contribution in [0.4, 0.5) is 0 Å². The second-order valence-corrected chi connectivity index (χ2v) is 4.43. The fraction of sp³-hybridized carbons (Fsp3) is 0.500. The molecule has 0 saturated heterocycles. The second kappa shape index (κ2) is 4.72. The number of aliphatic hydroxyl groups excluding tert-OH is 1. The largest absolute Gasteiger partial charge is 0.454 e. The molecule has 0 unspecified atom stereocenters. The van der Waals surface area contributed by atoms with Gasteiger partial charge in [-0.25, -0.2) is 0 Å². The third-order valence-corrected chi connectivity index (χ3v) is 3.26. The van der Waals surface area contributed by atoms with Crippen molar-refractivity contribution in [2.45, 2.75) is 25.0 Å². The number of nitrogens with two attached hydrogens (primary N) is 1. The van der Waals surface area contributed by atoms with E-state index >= 15 is 0 Å². The Hall–Kier alpha value is -0.970. The van der Waals surface area contributed by atoms with Crippen LogP contribution in [0.15, 0.2) is 18.2 Å². The predicted molar refractivity (Wildman–Crippen MR) is 65.5 cm³/mol. The van der Waals surface area contributed by atoms with Gasteiger partial charge in [-0.15, -0.1) is 12.4 Å². The van der Waals surface area contributed by atoms with Gasteiger partial charge in [-0.1, -0.05) is 12.1 Å². The Bertz CT molecular complexity index is 409. The molecule has 5 heteroatoms. The highest BCUT2D eigenvalue weighted by Gasteiger charge is 2.36. The molecular weight excluding hydrogens is 242 g/mol. The molecule has 3 N–H and O–H groups in total. The zero-order valence-electron chi connectivity index (χ0n) is 9.33. The van der Waals surface area contributed by atoms with Crippen molar-refractivity contribution in [2.24, 2.45) is 11.7 Å². The fourth-order valence-electron chi connectivity index (χ4n) is 2.13. The zero-order valence-corrected chi connectivity index (χ0v) is 10.2. The molecule has 1 aliphatic heterocycles. The predicted octanol–water partition coefficient (Wildman–Crippen LogP) is 1.61. The van der Waals surface area contributed by atoms with Gasteiger partial charge in [0.15, 0.2) is 11.5 Å². The normalized spacial score (nSPS) is 20.6. The summed E-state index contributed by atoms with van der Waals surface area (Å²) in [5, 5.41) is 10.0. The highest BCUT2D eigenvalue weighted by atomic mass is 35.5. The topological polar surface area (TPSA) is 64.7 Å². The molecule has 0 bridgehead atoms. The van der Waals surface area contributed by atoms with Gasteiger partial charge in [-0.2, -0.15) is 0 Å². The van der Waals surface area contributed by atoms with Crippen LogP contribution in [0.3, 0.4) is 0 Å². The standard InChI is InChI=1S/C12H15NO3.ClH/c13-10(11(14)7-4-5-7)8-2-1-3-9-12(8)16-6-15-9;/h1-3,7,10-11,14H,4-6,13H2;1H/t10-,11+;/m1./s1.